The normalized spacial score (nSPS) is 10.6. The second kappa shape index (κ2) is 6.04. The van der Waals surface area contributed by atoms with Crippen LogP contribution in [0.5, 0.6) is 0 Å². The monoisotopic (exact) mass is 266 g/mol. The molecule has 0 amide bonds. The molecule has 0 N–H and O–H groups in total. The molecule has 2 aromatic carbocycles. The fourth-order valence-electron chi connectivity index (χ4n) is 2.40. The first-order chi connectivity index (χ1) is 9.56. The molecular formula is C19H22O. The molecular weight excluding hydrogens is 244 g/mol. The average molecular weight is 266 g/mol. The van der Waals surface area contributed by atoms with Crippen LogP contribution in [0, 0.1) is 13.8 Å². The molecule has 0 saturated carbocycles. The van der Waals surface area contributed by atoms with E-state index in [4.69, 9.17) is 0 Å². The first kappa shape index (κ1) is 14.5. The summed E-state index contributed by atoms with van der Waals surface area (Å²) in [6.45, 7) is 8.33. The molecule has 2 rings (SSSR count). The number of hydrogen-bond acceptors (Lipinski definition) is 1. The van der Waals surface area contributed by atoms with E-state index in [-0.39, 0.29) is 5.78 Å². The fraction of sp³-hybridized carbons (Fsp3) is 0.316. The van der Waals surface area contributed by atoms with Crippen LogP contribution in [0.2, 0.25) is 0 Å². The summed E-state index contributed by atoms with van der Waals surface area (Å²) in [4.78, 5) is 12.8. The summed E-state index contributed by atoms with van der Waals surface area (Å²) in [5.74, 6) is 0.139. The van der Waals surface area contributed by atoms with Crippen LogP contribution < -0.4 is 0 Å². The van der Waals surface area contributed by atoms with E-state index in [1.807, 2.05) is 18.2 Å². The molecule has 0 saturated heterocycles. The van der Waals surface area contributed by atoms with Gasteiger partial charge in [0, 0.05) is 11.1 Å². The van der Waals surface area contributed by atoms with Gasteiger partial charge in [-0.3, -0.25) is 4.79 Å². The third-order valence-electron chi connectivity index (χ3n) is 3.98. The fourth-order valence-corrected chi connectivity index (χ4v) is 2.40. The van der Waals surface area contributed by atoms with Gasteiger partial charge in [0.05, 0.1) is 0 Å². The van der Waals surface area contributed by atoms with Crippen molar-refractivity contribution in [3.8, 4) is 0 Å². The highest BCUT2D eigenvalue weighted by atomic mass is 16.1. The van der Waals surface area contributed by atoms with E-state index in [2.05, 4.69) is 45.9 Å². The third kappa shape index (κ3) is 2.82. The topological polar surface area (TPSA) is 17.1 Å². The molecule has 0 spiro atoms. The Bertz CT molecular complexity index is 638. The van der Waals surface area contributed by atoms with Crippen molar-refractivity contribution >= 4 is 5.78 Å². The van der Waals surface area contributed by atoms with Gasteiger partial charge in [0.2, 0.25) is 0 Å². The number of hydrogen-bond donors (Lipinski definition) is 0. The number of aryl methyl sites for hydroxylation is 4. The van der Waals surface area contributed by atoms with E-state index in [0.717, 1.165) is 29.5 Å². The average Bonchev–Trinajstić information content (AvgIpc) is 2.48. The minimum absolute atomic E-state index is 0.139. The molecule has 1 heteroatoms. The Morgan fingerprint density at radius 3 is 2.25 bits per heavy atom. The quantitative estimate of drug-likeness (QED) is 0.736. The van der Waals surface area contributed by atoms with Crippen LogP contribution in [0.3, 0.4) is 0 Å². The lowest BCUT2D eigenvalue weighted by Gasteiger charge is -2.10. The molecule has 0 aliphatic heterocycles. The predicted molar refractivity (Wildman–Crippen MR) is 84.5 cm³/mol. The summed E-state index contributed by atoms with van der Waals surface area (Å²) < 4.78 is 0. The van der Waals surface area contributed by atoms with Crippen LogP contribution in [0.1, 0.15) is 52.0 Å². The minimum Gasteiger partial charge on any atom is -0.289 e. The Morgan fingerprint density at radius 1 is 0.900 bits per heavy atom. The molecule has 0 aliphatic carbocycles. The first-order valence-corrected chi connectivity index (χ1v) is 7.30. The minimum atomic E-state index is 0.139. The Labute approximate surface area is 121 Å². The summed E-state index contributed by atoms with van der Waals surface area (Å²) in [5, 5.41) is 0. The first-order valence-electron chi connectivity index (χ1n) is 7.30. The van der Waals surface area contributed by atoms with Crippen molar-refractivity contribution in [2.24, 2.45) is 0 Å². The summed E-state index contributed by atoms with van der Waals surface area (Å²) in [7, 11) is 0. The van der Waals surface area contributed by atoms with Crippen molar-refractivity contribution in [2.75, 3.05) is 0 Å². The Kier molecular flexibility index (Phi) is 4.39. The van der Waals surface area contributed by atoms with Crippen molar-refractivity contribution in [1.82, 2.24) is 0 Å². The Balaban J connectivity index is 2.48. The smallest absolute Gasteiger partial charge is 0.193 e. The molecule has 0 aliphatic rings. The number of carbonyl (C=O) groups is 1. The maximum Gasteiger partial charge on any atom is 0.193 e. The number of ketones is 1. The predicted octanol–water partition coefficient (Wildman–Crippen LogP) is 4.66. The van der Waals surface area contributed by atoms with Crippen LogP contribution in [0.25, 0.3) is 0 Å². The molecule has 0 atom stereocenters. The third-order valence-corrected chi connectivity index (χ3v) is 3.98. The highest BCUT2D eigenvalue weighted by molar-refractivity contribution is 6.10. The van der Waals surface area contributed by atoms with Crippen LogP contribution in [0.4, 0.5) is 0 Å². The van der Waals surface area contributed by atoms with E-state index in [9.17, 15) is 4.79 Å². The molecule has 20 heavy (non-hydrogen) atoms. The SMILES string of the molecule is CCc1ccc(CC)c(C(=O)c2ccc(C)c(C)c2)c1. The molecule has 104 valence electrons. The second-order valence-corrected chi connectivity index (χ2v) is 5.33. The van der Waals surface area contributed by atoms with Crippen LogP contribution in [0.15, 0.2) is 36.4 Å². The van der Waals surface area contributed by atoms with Crippen LogP contribution in [-0.2, 0) is 12.8 Å². The van der Waals surface area contributed by atoms with Gasteiger partial charge >= 0.3 is 0 Å². The van der Waals surface area contributed by atoms with Crippen molar-refractivity contribution < 1.29 is 4.79 Å². The number of benzene rings is 2. The number of rotatable bonds is 4. The molecule has 0 aromatic heterocycles. The lowest BCUT2D eigenvalue weighted by molar-refractivity contribution is 0.103. The molecule has 0 heterocycles. The summed E-state index contributed by atoms with van der Waals surface area (Å²) in [6.07, 6.45) is 1.84. The molecule has 0 unspecified atom stereocenters. The van der Waals surface area contributed by atoms with Crippen molar-refractivity contribution in [3.05, 3.63) is 69.8 Å². The van der Waals surface area contributed by atoms with Gasteiger partial charge in [0.1, 0.15) is 0 Å². The molecule has 0 radical (unpaired) electrons. The number of carbonyl (C=O) groups excluding carboxylic acids is 1. The zero-order chi connectivity index (χ0) is 14.7. The molecule has 1 nitrogen and oxygen atoms in total. The summed E-state index contributed by atoms with van der Waals surface area (Å²) in [6, 6.07) is 12.2. The van der Waals surface area contributed by atoms with Gasteiger partial charge in [0.15, 0.2) is 5.78 Å². The van der Waals surface area contributed by atoms with Crippen LogP contribution in [-0.4, -0.2) is 5.78 Å². The lowest BCUT2D eigenvalue weighted by atomic mass is 9.93. The maximum absolute atomic E-state index is 12.8. The standard InChI is InChI=1S/C19H22O/c1-5-15-8-10-16(6-2)18(12-15)19(20)17-9-7-13(3)14(4)11-17/h7-12H,5-6H2,1-4H3. The molecule has 2 aromatic rings. The zero-order valence-electron chi connectivity index (χ0n) is 12.8. The second-order valence-electron chi connectivity index (χ2n) is 5.33. The Hall–Kier alpha value is -1.89. The van der Waals surface area contributed by atoms with Crippen molar-refractivity contribution in [3.63, 3.8) is 0 Å². The lowest BCUT2D eigenvalue weighted by Crippen LogP contribution is -2.06. The molecule has 0 fully saturated rings. The van der Waals surface area contributed by atoms with E-state index >= 15 is 0 Å². The van der Waals surface area contributed by atoms with Gasteiger partial charge in [0.25, 0.3) is 0 Å². The maximum atomic E-state index is 12.8. The van der Waals surface area contributed by atoms with E-state index in [1.165, 1.54) is 16.7 Å². The largest absolute Gasteiger partial charge is 0.289 e. The van der Waals surface area contributed by atoms with Crippen molar-refractivity contribution in [1.29, 1.82) is 0 Å². The van der Waals surface area contributed by atoms with Gasteiger partial charge in [-0.2, -0.15) is 0 Å². The van der Waals surface area contributed by atoms with Gasteiger partial charge in [-0.15, -0.1) is 0 Å². The summed E-state index contributed by atoms with van der Waals surface area (Å²) in [5.41, 5.74) is 6.38. The molecule has 0 bridgehead atoms. The zero-order valence-corrected chi connectivity index (χ0v) is 12.8. The van der Waals surface area contributed by atoms with E-state index < -0.39 is 0 Å². The summed E-state index contributed by atoms with van der Waals surface area (Å²) >= 11 is 0. The van der Waals surface area contributed by atoms with Crippen LogP contribution >= 0.6 is 0 Å². The van der Waals surface area contributed by atoms with Gasteiger partial charge in [-0.05, 0) is 61.1 Å². The van der Waals surface area contributed by atoms with E-state index in [1.54, 1.807) is 0 Å². The highest BCUT2D eigenvalue weighted by Gasteiger charge is 2.14. The van der Waals surface area contributed by atoms with Gasteiger partial charge in [-0.1, -0.05) is 38.1 Å². The van der Waals surface area contributed by atoms with Gasteiger partial charge < -0.3 is 0 Å². The Morgan fingerprint density at radius 2 is 1.65 bits per heavy atom. The van der Waals surface area contributed by atoms with E-state index in [0.29, 0.717) is 0 Å². The van der Waals surface area contributed by atoms with Gasteiger partial charge in [-0.25, -0.2) is 0 Å². The highest BCUT2D eigenvalue weighted by Crippen LogP contribution is 2.19. The van der Waals surface area contributed by atoms with Crippen molar-refractivity contribution in [2.45, 2.75) is 40.5 Å².